The van der Waals surface area contributed by atoms with Gasteiger partial charge in [-0.05, 0) is 12.8 Å². The summed E-state index contributed by atoms with van der Waals surface area (Å²) in [4.78, 5) is 0. The molecule has 0 bridgehead atoms. The van der Waals surface area contributed by atoms with E-state index in [2.05, 4.69) is 0 Å². The molecule has 66 valence electrons. The lowest BCUT2D eigenvalue weighted by molar-refractivity contribution is -0.186. The van der Waals surface area contributed by atoms with Gasteiger partial charge in [0, 0.05) is 13.7 Å². The first-order valence-corrected chi connectivity index (χ1v) is 3.92. The highest BCUT2D eigenvalue weighted by Gasteiger charge is 2.27. The summed E-state index contributed by atoms with van der Waals surface area (Å²) in [5.74, 6) is 0. The van der Waals surface area contributed by atoms with Gasteiger partial charge in [-0.15, -0.1) is 0 Å². The predicted octanol–water partition coefficient (Wildman–Crippen LogP) is -0.576. The molecule has 11 heavy (non-hydrogen) atoms. The van der Waals surface area contributed by atoms with Crippen LogP contribution >= 0.6 is 0 Å². The molecule has 1 fully saturated rings. The van der Waals surface area contributed by atoms with Crippen molar-refractivity contribution in [3.8, 4) is 0 Å². The lowest BCUT2D eigenvalue weighted by Crippen LogP contribution is -2.47. The van der Waals surface area contributed by atoms with E-state index in [1.807, 2.05) is 0 Å². The molecule has 1 aliphatic heterocycles. The Morgan fingerprint density at radius 3 is 2.82 bits per heavy atom. The Morgan fingerprint density at radius 2 is 2.27 bits per heavy atom. The van der Waals surface area contributed by atoms with E-state index in [-0.39, 0.29) is 18.4 Å². The topological polar surface area (TPSA) is 70.5 Å². The SMILES string of the molecule is CO[C@H]1O[C@H](CN)CCC1N. The number of hydrogen-bond donors (Lipinski definition) is 2. The summed E-state index contributed by atoms with van der Waals surface area (Å²) < 4.78 is 10.5. The van der Waals surface area contributed by atoms with E-state index in [0.29, 0.717) is 6.54 Å². The van der Waals surface area contributed by atoms with Gasteiger partial charge in [-0.3, -0.25) is 0 Å². The molecule has 0 spiro atoms. The number of methoxy groups -OCH3 is 1. The van der Waals surface area contributed by atoms with Crippen LogP contribution in [0.2, 0.25) is 0 Å². The molecule has 0 aromatic rings. The number of hydrogen-bond acceptors (Lipinski definition) is 4. The quantitative estimate of drug-likeness (QED) is 0.567. The second kappa shape index (κ2) is 4.01. The molecule has 0 radical (unpaired) electrons. The van der Waals surface area contributed by atoms with Gasteiger partial charge >= 0.3 is 0 Å². The zero-order chi connectivity index (χ0) is 8.27. The first kappa shape index (κ1) is 8.93. The first-order chi connectivity index (χ1) is 5.27. The van der Waals surface area contributed by atoms with Crippen molar-refractivity contribution in [3.05, 3.63) is 0 Å². The molecule has 1 saturated heterocycles. The number of rotatable bonds is 2. The minimum atomic E-state index is -0.266. The van der Waals surface area contributed by atoms with Crippen LogP contribution in [-0.4, -0.2) is 32.1 Å². The average Bonchev–Trinajstić information content (AvgIpc) is 2.05. The van der Waals surface area contributed by atoms with Crippen molar-refractivity contribution in [1.29, 1.82) is 0 Å². The van der Waals surface area contributed by atoms with Crippen LogP contribution in [-0.2, 0) is 9.47 Å². The van der Waals surface area contributed by atoms with E-state index in [1.54, 1.807) is 7.11 Å². The smallest absolute Gasteiger partial charge is 0.172 e. The van der Waals surface area contributed by atoms with E-state index >= 15 is 0 Å². The van der Waals surface area contributed by atoms with E-state index < -0.39 is 0 Å². The van der Waals surface area contributed by atoms with Gasteiger partial charge in [0.2, 0.25) is 0 Å². The maximum atomic E-state index is 5.72. The summed E-state index contributed by atoms with van der Waals surface area (Å²) in [6, 6.07) is 0.00259. The third kappa shape index (κ3) is 2.13. The highest BCUT2D eigenvalue weighted by molar-refractivity contribution is 4.76. The lowest BCUT2D eigenvalue weighted by Gasteiger charge is -2.32. The van der Waals surface area contributed by atoms with Crippen molar-refractivity contribution in [2.24, 2.45) is 11.5 Å². The molecule has 1 rings (SSSR count). The Balaban J connectivity index is 2.37. The molecule has 0 aliphatic carbocycles. The van der Waals surface area contributed by atoms with Crippen molar-refractivity contribution >= 4 is 0 Å². The van der Waals surface area contributed by atoms with Crippen LogP contribution in [0.3, 0.4) is 0 Å². The van der Waals surface area contributed by atoms with Gasteiger partial charge in [-0.2, -0.15) is 0 Å². The van der Waals surface area contributed by atoms with E-state index in [9.17, 15) is 0 Å². The maximum absolute atomic E-state index is 5.72. The third-order valence-corrected chi connectivity index (χ3v) is 1.99. The Morgan fingerprint density at radius 1 is 1.55 bits per heavy atom. The summed E-state index contributed by atoms with van der Waals surface area (Å²) in [6.45, 7) is 0.548. The number of nitrogens with two attached hydrogens (primary N) is 2. The van der Waals surface area contributed by atoms with Crippen LogP contribution in [0, 0.1) is 0 Å². The molecule has 0 saturated carbocycles. The molecule has 1 unspecified atom stereocenters. The summed E-state index contributed by atoms with van der Waals surface area (Å²) in [6.07, 6.45) is 1.73. The van der Waals surface area contributed by atoms with Gasteiger partial charge in [-0.1, -0.05) is 0 Å². The Kier molecular flexibility index (Phi) is 3.26. The molecular weight excluding hydrogens is 144 g/mol. The van der Waals surface area contributed by atoms with Crippen molar-refractivity contribution in [2.75, 3.05) is 13.7 Å². The van der Waals surface area contributed by atoms with Crippen LogP contribution < -0.4 is 11.5 Å². The van der Waals surface area contributed by atoms with Crippen LogP contribution in [0.5, 0.6) is 0 Å². The Labute approximate surface area is 66.8 Å². The van der Waals surface area contributed by atoms with Gasteiger partial charge in [-0.25, -0.2) is 0 Å². The third-order valence-electron chi connectivity index (χ3n) is 1.99. The van der Waals surface area contributed by atoms with Crippen LogP contribution in [0.25, 0.3) is 0 Å². The van der Waals surface area contributed by atoms with Crippen LogP contribution in [0.4, 0.5) is 0 Å². The highest BCUT2D eigenvalue weighted by Crippen LogP contribution is 2.17. The van der Waals surface area contributed by atoms with Crippen molar-refractivity contribution < 1.29 is 9.47 Å². The summed E-state index contributed by atoms with van der Waals surface area (Å²) in [5.41, 5.74) is 11.2. The molecule has 4 heteroatoms. The first-order valence-electron chi connectivity index (χ1n) is 3.92. The largest absolute Gasteiger partial charge is 0.354 e. The summed E-state index contributed by atoms with van der Waals surface area (Å²) in [7, 11) is 1.60. The van der Waals surface area contributed by atoms with Gasteiger partial charge in [0.05, 0.1) is 12.1 Å². The zero-order valence-electron chi connectivity index (χ0n) is 6.82. The minimum absolute atomic E-state index is 0.00259. The second-order valence-electron chi connectivity index (χ2n) is 2.84. The molecule has 0 amide bonds. The fourth-order valence-electron chi connectivity index (χ4n) is 1.28. The Hall–Kier alpha value is -0.160. The normalized spacial score (nSPS) is 39.0. The van der Waals surface area contributed by atoms with Gasteiger partial charge < -0.3 is 20.9 Å². The van der Waals surface area contributed by atoms with Gasteiger partial charge in [0.15, 0.2) is 6.29 Å². The molecule has 3 atom stereocenters. The van der Waals surface area contributed by atoms with Crippen LogP contribution in [0.15, 0.2) is 0 Å². The highest BCUT2D eigenvalue weighted by atomic mass is 16.7. The van der Waals surface area contributed by atoms with Crippen molar-refractivity contribution in [2.45, 2.75) is 31.3 Å². The van der Waals surface area contributed by atoms with E-state index in [0.717, 1.165) is 12.8 Å². The van der Waals surface area contributed by atoms with Crippen LogP contribution in [0.1, 0.15) is 12.8 Å². The lowest BCUT2D eigenvalue weighted by atomic mass is 10.0. The minimum Gasteiger partial charge on any atom is -0.354 e. The molecule has 1 aliphatic rings. The molecular formula is C7H16N2O2. The van der Waals surface area contributed by atoms with E-state index in [1.165, 1.54) is 0 Å². The standard InChI is InChI=1S/C7H16N2O2/c1-10-7-6(9)3-2-5(4-8)11-7/h5-7H,2-4,8-9H2,1H3/t5-,6?,7-/m0/s1. The summed E-state index contributed by atoms with van der Waals surface area (Å²) >= 11 is 0. The molecule has 0 aromatic carbocycles. The van der Waals surface area contributed by atoms with Gasteiger partial charge in [0.1, 0.15) is 0 Å². The molecule has 1 heterocycles. The van der Waals surface area contributed by atoms with E-state index in [4.69, 9.17) is 20.9 Å². The van der Waals surface area contributed by atoms with Gasteiger partial charge in [0.25, 0.3) is 0 Å². The average molecular weight is 160 g/mol. The fraction of sp³-hybridized carbons (Fsp3) is 1.00. The fourth-order valence-corrected chi connectivity index (χ4v) is 1.28. The summed E-state index contributed by atoms with van der Waals surface area (Å²) in [5, 5.41) is 0. The van der Waals surface area contributed by atoms with Crippen molar-refractivity contribution in [1.82, 2.24) is 0 Å². The predicted molar refractivity (Wildman–Crippen MR) is 41.9 cm³/mol. The monoisotopic (exact) mass is 160 g/mol. The number of ether oxygens (including phenoxy) is 2. The maximum Gasteiger partial charge on any atom is 0.172 e. The van der Waals surface area contributed by atoms with Crippen molar-refractivity contribution in [3.63, 3.8) is 0 Å². The Bertz CT molecular complexity index is 121. The zero-order valence-corrected chi connectivity index (χ0v) is 6.82. The second-order valence-corrected chi connectivity index (χ2v) is 2.84. The molecule has 0 aromatic heterocycles. The molecule has 4 N–H and O–H groups in total. The molecule has 4 nitrogen and oxygen atoms in total.